The molecule has 2 aromatic carbocycles. The van der Waals surface area contributed by atoms with Gasteiger partial charge in [-0.25, -0.2) is 13.2 Å². The lowest BCUT2D eigenvalue weighted by Crippen LogP contribution is -2.33. The van der Waals surface area contributed by atoms with Gasteiger partial charge in [0.05, 0.1) is 23.3 Å². The summed E-state index contributed by atoms with van der Waals surface area (Å²) in [4.78, 5) is 11.7. The number of anilines is 1. The van der Waals surface area contributed by atoms with E-state index in [9.17, 15) is 18.3 Å². The van der Waals surface area contributed by atoms with Crippen LogP contribution in [0.15, 0.2) is 41.3 Å². The molecule has 25 heavy (non-hydrogen) atoms. The molecule has 0 aliphatic heterocycles. The summed E-state index contributed by atoms with van der Waals surface area (Å²) < 4.78 is 32.3. The Morgan fingerprint density at radius 3 is 2.24 bits per heavy atom. The summed E-state index contributed by atoms with van der Waals surface area (Å²) in [6, 6.07) is 9.26. The van der Waals surface area contributed by atoms with Gasteiger partial charge in [0.15, 0.2) is 0 Å². The predicted molar refractivity (Wildman–Crippen MR) is 96.1 cm³/mol. The Bertz CT molecular complexity index is 888. The lowest BCUT2D eigenvalue weighted by atomic mass is 10.0. The van der Waals surface area contributed by atoms with Gasteiger partial charge in [0.1, 0.15) is 5.75 Å². The fourth-order valence-corrected chi connectivity index (χ4v) is 4.33. The Morgan fingerprint density at radius 2 is 1.76 bits per heavy atom. The number of carboxylic acid groups (broad SMARTS) is 1. The first-order chi connectivity index (χ1) is 11.7. The van der Waals surface area contributed by atoms with Crippen LogP contribution >= 0.6 is 0 Å². The summed E-state index contributed by atoms with van der Waals surface area (Å²) in [7, 11) is -2.41. The quantitative estimate of drug-likeness (QED) is 0.852. The highest BCUT2D eigenvalue weighted by Gasteiger charge is 2.28. The number of sulfonamides is 1. The van der Waals surface area contributed by atoms with Gasteiger partial charge in [-0.2, -0.15) is 0 Å². The predicted octanol–water partition coefficient (Wildman–Crippen LogP) is 3.23. The van der Waals surface area contributed by atoms with Crippen LogP contribution in [0, 0.1) is 13.8 Å². The van der Waals surface area contributed by atoms with Crippen LogP contribution in [0.5, 0.6) is 5.75 Å². The fraction of sp³-hybridized carbons (Fsp3) is 0.278. The third kappa shape index (κ3) is 3.61. The third-order valence-corrected chi connectivity index (χ3v) is 5.75. The molecule has 0 saturated heterocycles. The number of methoxy groups -OCH3 is 1. The number of ether oxygens (including phenoxy) is 1. The zero-order valence-corrected chi connectivity index (χ0v) is 15.4. The topological polar surface area (TPSA) is 83.9 Å². The first-order valence-electron chi connectivity index (χ1n) is 7.73. The Hall–Kier alpha value is -2.54. The van der Waals surface area contributed by atoms with Crippen molar-refractivity contribution >= 4 is 21.7 Å². The second-order valence-corrected chi connectivity index (χ2v) is 7.49. The number of aromatic carboxylic acids is 1. The second kappa shape index (κ2) is 7.14. The number of benzene rings is 2. The van der Waals surface area contributed by atoms with E-state index in [4.69, 9.17) is 4.74 Å². The maximum Gasteiger partial charge on any atom is 0.337 e. The molecule has 0 aliphatic rings. The summed E-state index contributed by atoms with van der Waals surface area (Å²) in [6.45, 7) is 5.27. The zero-order chi connectivity index (χ0) is 18.8. The van der Waals surface area contributed by atoms with E-state index in [1.807, 2.05) is 0 Å². The van der Waals surface area contributed by atoms with E-state index >= 15 is 0 Å². The Balaban J connectivity index is 2.64. The average Bonchev–Trinajstić information content (AvgIpc) is 2.56. The monoisotopic (exact) mass is 363 g/mol. The Morgan fingerprint density at radius 1 is 1.16 bits per heavy atom. The summed E-state index contributed by atoms with van der Waals surface area (Å²) in [5, 5.41) is 9.53. The summed E-state index contributed by atoms with van der Waals surface area (Å²) in [5.41, 5.74) is 1.51. The average molecular weight is 363 g/mol. The Kier molecular flexibility index (Phi) is 5.37. The van der Waals surface area contributed by atoms with Gasteiger partial charge in [0.2, 0.25) is 0 Å². The van der Waals surface area contributed by atoms with Crippen molar-refractivity contribution in [2.24, 2.45) is 0 Å². The van der Waals surface area contributed by atoms with Crippen molar-refractivity contribution in [3.8, 4) is 5.75 Å². The highest BCUT2D eigenvalue weighted by atomic mass is 32.2. The van der Waals surface area contributed by atoms with Crippen LogP contribution in [0.4, 0.5) is 5.69 Å². The van der Waals surface area contributed by atoms with Gasteiger partial charge in [0, 0.05) is 6.54 Å². The molecule has 0 atom stereocenters. The minimum absolute atomic E-state index is 0.0311. The van der Waals surface area contributed by atoms with Crippen molar-refractivity contribution in [3.63, 3.8) is 0 Å². The summed E-state index contributed by atoms with van der Waals surface area (Å²) in [6.07, 6.45) is 0. The molecule has 0 heterocycles. The number of carboxylic acids is 1. The molecule has 0 saturated carbocycles. The van der Waals surface area contributed by atoms with Crippen LogP contribution in [0.25, 0.3) is 0 Å². The minimum atomic E-state index is -3.91. The maximum atomic E-state index is 13.1. The standard InChI is InChI=1S/C18H21NO5S/c1-5-19(17-13(3)10-12(2)11-16(17)18(20)21)25(22,23)15-8-6-14(24-4)7-9-15/h6-11H,5H2,1-4H3,(H,20,21). The molecule has 0 aliphatic carbocycles. The minimum Gasteiger partial charge on any atom is -0.497 e. The number of rotatable bonds is 6. The number of carbonyl (C=O) groups is 1. The van der Waals surface area contributed by atoms with Gasteiger partial charge >= 0.3 is 5.97 Å². The summed E-state index contributed by atoms with van der Waals surface area (Å²) >= 11 is 0. The molecular weight excluding hydrogens is 342 g/mol. The van der Waals surface area contributed by atoms with Crippen LogP contribution in [0.1, 0.15) is 28.4 Å². The smallest absolute Gasteiger partial charge is 0.337 e. The van der Waals surface area contributed by atoms with Crippen molar-refractivity contribution in [1.82, 2.24) is 0 Å². The molecule has 0 radical (unpaired) electrons. The SMILES string of the molecule is CCN(c1c(C)cc(C)cc1C(=O)O)S(=O)(=O)c1ccc(OC)cc1. The number of aryl methyl sites for hydroxylation is 2. The van der Waals surface area contributed by atoms with E-state index in [2.05, 4.69) is 0 Å². The molecule has 134 valence electrons. The molecular formula is C18H21NO5S. The molecule has 0 unspecified atom stereocenters. The molecule has 0 amide bonds. The van der Waals surface area contributed by atoms with Crippen molar-refractivity contribution in [2.75, 3.05) is 18.0 Å². The molecule has 0 bridgehead atoms. The van der Waals surface area contributed by atoms with E-state index in [0.717, 1.165) is 9.87 Å². The van der Waals surface area contributed by atoms with Gasteiger partial charge in [-0.05, 0) is 62.2 Å². The van der Waals surface area contributed by atoms with E-state index in [1.165, 1.54) is 25.3 Å². The van der Waals surface area contributed by atoms with Crippen LogP contribution in [-0.2, 0) is 10.0 Å². The second-order valence-electron chi connectivity index (χ2n) is 5.63. The van der Waals surface area contributed by atoms with Crippen LogP contribution in [0.3, 0.4) is 0 Å². The van der Waals surface area contributed by atoms with Gasteiger partial charge in [-0.3, -0.25) is 4.31 Å². The van der Waals surface area contributed by atoms with E-state index in [0.29, 0.717) is 11.3 Å². The number of hydrogen-bond acceptors (Lipinski definition) is 4. The van der Waals surface area contributed by atoms with E-state index in [1.54, 1.807) is 39.0 Å². The molecule has 1 N–H and O–H groups in total. The lowest BCUT2D eigenvalue weighted by molar-refractivity contribution is 0.0697. The Labute approximate surface area is 147 Å². The first-order valence-corrected chi connectivity index (χ1v) is 9.17. The van der Waals surface area contributed by atoms with Crippen molar-refractivity contribution in [2.45, 2.75) is 25.7 Å². The molecule has 2 rings (SSSR count). The van der Waals surface area contributed by atoms with E-state index < -0.39 is 16.0 Å². The van der Waals surface area contributed by atoms with Crippen LogP contribution in [0.2, 0.25) is 0 Å². The van der Waals surface area contributed by atoms with Crippen LogP contribution < -0.4 is 9.04 Å². The lowest BCUT2D eigenvalue weighted by Gasteiger charge is -2.26. The highest BCUT2D eigenvalue weighted by molar-refractivity contribution is 7.92. The highest BCUT2D eigenvalue weighted by Crippen LogP contribution is 2.32. The zero-order valence-electron chi connectivity index (χ0n) is 14.6. The van der Waals surface area contributed by atoms with Crippen LogP contribution in [-0.4, -0.2) is 33.1 Å². The maximum absolute atomic E-state index is 13.1. The molecule has 0 fully saturated rings. The van der Waals surface area contributed by atoms with Crippen molar-refractivity contribution < 1.29 is 23.1 Å². The van der Waals surface area contributed by atoms with Gasteiger partial charge in [-0.1, -0.05) is 6.07 Å². The number of hydrogen-bond donors (Lipinski definition) is 1. The molecule has 7 heteroatoms. The summed E-state index contributed by atoms with van der Waals surface area (Å²) in [5.74, 6) is -0.620. The normalized spacial score (nSPS) is 11.2. The molecule has 0 spiro atoms. The van der Waals surface area contributed by atoms with Crippen molar-refractivity contribution in [3.05, 3.63) is 53.1 Å². The van der Waals surface area contributed by atoms with Gasteiger partial charge in [0.25, 0.3) is 10.0 Å². The molecule has 0 aromatic heterocycles. The third-order valence-electron chi connectivity index (χ3n) is 3.86. The largest absolute Gasteiger partial charge is 0.497 e. The fourth-order valence-electron chi connectivity index (χ4n) is 2.78. The van der Waals surface area contributed by atoms with Gasteiger partial charge in [-0.15, -0.1) is 0 Å². The van der Waals surface area contributed by atoms with Crippen molar-refractivity contribution in [1.29, 1.82) is 0 Å². The molecule has 2 aromatic rings. The number of nitrogens with zero attached hydrogens (tertiary/aromatic N) is 1. The molecule has 6 nitrogen and oxygen atoms in total. The van der Waals surface area contributed by atoms with Gasteiger partial charge < -0.3 is 9.84 Å². The first kappa shape index (κ1) is 18.8. The van der Waals surface area contributed by atoms with E-state index in [-0.39, 0.29) is 22.7 Å².